The van der Waals surface area contributed by atoms with Crippen LogP contribution in [0.3, 0.4) is 0 Å². The van der Waals surface area contributed by atoms with Gasteiger partial charge in [0.1, 0.15) is 6.07 Å². The molecule has 0 aliphatic carbocycles. The maximum atomic E-state index is 8.69. The molecule has 0 aliphatic heterocycles. The lowest BCUT2D eigenvalue weighted by Gasteiger charge is -1.98. The minimum Gasteiger partial charge on any atom is -0.273 e. The lowest BCUT2D eigenvalue weighted by Crippen LogP contribution is -1.90. The molecule has 6 nitrogen and oxygen atoms in total. The van der Waals surface area contributed by atoms with Crippen molar-refractivity contribution in [2.75, 3.05) is 0 Å². The summed E-state index contributed by atoms with van der Waals surface area (Å²) in [7, 11) is 1.85. The van der Waals surface area contributed by atoms with E-state index in [2.05, 4.69) is 20.1 Å². The van der Waals surface area contributed by atoms with Crippen LogP contribution in [-0.2, 0) is 7.05 Å². The van der Waals surface area contributed by atoms with Crippen molar-refractivity contribution in [3.05, 3.63) is 36.4 Å². The number of aromatic nitrogens is 5. The zero-order valence-electron chi connectivity index (χ0n) is 9.57. The third-order valence-corrected chi connectivity index (χ3v) is 2.51. The van der Waals surface area contributed by atoms with Gasteiger partial charge in [-0.05, 0) is 6.07 Å². The molecule has 0 aliphatic rings. The Balaban J connectivity index is 2.10. The van der Waals surface area contributed by atoms with Crippen molar-refractivity contribution in [2.45, 2.75) is 0 Å². The standard InChI is InChI=1S/C12H8N6/c1-18-7-10-2-9(6-16-12(10)17-18)11-14-4-8(3-13)5-15-11/h2,4-7H,1H3. The Labute approximate surface area is 103 Å². The normalized spacial score (nSPS) is 10.4. The van der Waals surface area contributed by atoms with Gasteiger partial charge in [0.15, 0.2) is 11.5 Å². The highest BCUT2D eigenvalue weighted by Crippen LogP contribution is 2.18. The molecular formula is C12H8N6. The van der Waals surface area contributed by atoms with Crippen LogP contribution in [0.15, 0.2) is 30.9 Å². The number of pyridine rings is 1. The van der Waals surface area contributed by atoms with Gasteiger partial charge in [0.2, 0.25) is 0 Å². The van der Waals surface area contributed by atoms with E-state index in [1.165, 1.54) is 12.4 Å². The Morgan fingerprint density at radius 2 is 1.94 bits per heavy atom. The van der Waals surface area contributed by atoms with Gasteiger partial charge in [-0.1, -0.05) is 0 Å². The van der Waals surface area contributed by atoms with Gasteiger partial charge in [0, 0.05) is 42.8 Å². The Kier molecular flexibility index (Phi) is 2.24. The maximum Gasteiger partial charge on any atom is 0.181 e. The number of hydrogen-bond acceptors (Lipinski definition) is 5. The van der Waals surface area contributed by atoms with E-state index in [1.54, 1.807) is 10.9 Å². The second-order valence-electron chi connectivity index (χ2n) is 3.85. The first-order chi connectivity index (χ1) is 8.76. The fourth-order valence-corrected chi connectivity index (χ4v) is 1.69. The van der Waals surface area contributed by atoms with E-state index in [0.29, 0.717) is 17.0 Å². The van der Waals surface area contributed by atoms with E-state index in [0.717, 1.165) is 10.9 Å². The molecule has 18 heavy (non-hydrogen) atoms. The number of nitrogens with zero attached hydrogens (tertiary/aromatic N) is 6. The predicted molar refractivity (Wildman–Crippen MR) is 64.3 cm³/mol. The zero-order valence-corrected chi connectivity index (χ0v) is 9.57. The van der Waals surface area contributed by atoms with Crippen molar-refractivity contribution >= 4 is 11.0 Å². The quantitative estimate of drug-likeness (QED) is 0.636. The lowest BCUT2D eigenvalue weighted by molar-refractivity contribution is 0.776. The molecule has 3 aromatic heterocycles. The summed E-state index contributed by atoms with van der Waals surface area (Å²) < 4.78 is 1.71. The Morgan fingerprint density at radius 3 is 2.67 bits per heavy atom. The minimum atomic E-state index is 0.439. The fourth-order valence-electron chi connectivity index (χ4n) is 1.69. The van der Waals surface area contributed by atoms with Gasteiger partial charge in [0.25, 0.3) is 0 Å². The van der Waals surface area contributed by atoms with E-state index in [1.807, 2.05) is 25.4 Å². The molecule has 0 aromatic carbocycles. The zero-order chi connectivity index (χ0) is 12.5. The number of hydrogen-bond donors (Lipinski definition) is 0. The SMILES string of the molecule is Cn1cc2cc(-c3ncc(C#N)cn3)cnc2n1. The second-order valence-corrected chi connectivity index (χ2v) is 3.85. The lowest BCUT2D eigenvalue weighted by atomic mass is 10.2. The van der Waals surface area contributed by atoms with Crippen molar-refractivity contribution in [1.29, 1.82) is 5.26 Å². The summed E-state index contributed by atoms with van der Waals surface area (Å²) in [5.74, 6) is 0.548. The van der Waals surface area contributed by atoms with Crippen LogP contribution < -0.4 is 0 Å². The summed E-state index contributed by atoms with van der Waals surface area (Å²) in [4.78, 5) is 12.5. The monoisotopic (exact) mass is 236 g/mol. The molecule has 6 heteroatoms. The maximum absolute atomic E-state index is 8.69. The van der Waals surface area contributed by atoms with Crippen molar-refractivity contribution in [1.82, 2.24) is 24.7 Å². The van der Waals surface area contributed by atoms with Gasteiger partial charge in [-0.2, -0.15) is 10.4 Å². The van der Waals surface area contributed by atoms with Crippen molar-refractivity contribution in [3.63, 3.8) is 0 Å². The summed E-state index contributed by atoms with van der Waals surface area (Å²) in [6.07, 6.45) is 6.55. The molecule has 3 aromatic rings. The van der Waals surface area contributed by atoms with Gasteiger partial charge in [-0.25, -0.2) is 15.0 Å². The third-order valence-electron chi connectivity index (χ3n) is 2.51. The molecule has 0 saturated heterocycles. The molecular weight excluding hydrogens is 228 g/mol. The molecule has 0 saturated carbocycles. The van der Waals surface area contributed by atoms with Crippen LogP contribution >= 0.6 is 0 Å². The Hall–Kier alpha value is -2.81. The van der Waals surface area contributed by atoms with Crippen LogP contribution in [0.1, 0.15) is 5.56 Å². The molecule has 0 N–H and O–H groups in total. The van der Waals surface area contributed by atoms with Crippen LogP contribution in [0.5, 0.6) is 0 Å². The first kappa shape index (κ1) is 10.4. The van der Waals surface area contributed by atoms with E-state index in [-0.39, 0.29) is 0 Å². The summed E-state index contributed by atoms with van der Waals surface area (Å²) in [6, 6.07) is 3.91. The summed E-state index contributed by atoms with van der Waals surface area (Å²) >= 11 is 0. The fraction of sp³-hybridized carbons (Fsp3) is 0.0833. The molecule has 0 unspecified atom stereocenters. The summed E-state index contributed by atoms with van der Waals surface area (Å²) in [6.45, 7) is 0. The van der Waals surface area contributed by atoms with E-state index in [4.69, 9.17) is 5.26 Å². The average Bonchev–Trinajstić information content (AvgIpc) is 2.78. The topological polar surface area (TPSA) is 80.3 Å². The van der Waals surface area contributed by atoms with Crippen LogP contribution in [0.4, 0.5) is 0 Å². The number of fused-ring (bicyclic) bond motifs is 1. The summed E-state index contributed by atoms with van der Waals surface area (Å²) in [5.41, 5.74) is 1.93. The van der Waals surface area contributed by atoms with Gasteiger partial charge < -0.3 is 0 Å². The van der Waals surface area contributed by atoms with Gasteiger partial charge in [-0.15, -0.1) is 0 Å². The molecule has 0 fully saturated rings. The number of aryl methyl sites for hydroxylation is 1. The predicted octanol–water partition coefficient (Wildman–Crippen LogP) is 1.30. The van der Waals surface area contributed by atoms with Gasteiger partial charge in [-0.3, -0.25) is 4.68 Å². The van der Waals surface area contributed by atoms with Crippen molar-refractivity contribution in [2.24, 2.45) is 7.05 Å². The Morgan fingerprint density at radius 1 is 1.17 bits per heavy atom. The van der Waals surface area contributed by atoms with Crippen molar-refractivity contribution in [3.8, 4) is 17.5 Å². The molecule has 0 radical (unpaired) electrons. The molecule has 0 amide bonds. The van der Waals surface area contributed by atoms with Crippen LogP contribution in [-0.4, -0.2) is 24.7 Å². The number of nitriles is 1. The highest BCUT2D eigenvalue weighted by molar-refractivity contribution is 5.78. The first-order valence-corrected chi connectivity index (χ1v) is 5.28. The molecule has 0 atom stereocenters. The van der Waals surface area contributed by atoms with Crippen molar-refractivity contribution < 1.29 is 0 Å². The van der Waals surface area contributed by atoms with E-state index in [9.17, 15) is 0 Å². The molecule has 3 heterocycles. The van der Waals surface area contributed by atoms with E-state index < -0.39 is 0 Å². The van der Waals surface area contributed by atoms with Gasteiger partial charge in [0.05, 0.1) is 5.56 Å². The van der Waals surface area contributed by atoms with Crippen LogP contribution in [0.25, 0.3) is 22.4 Å². The second kappa shape index (κ2) is 3.89. The molecule has 86 valence electrons. The highest BCUT2D eigenvalue weighted by atomic mass is 15.3. The third kappa shape index (κ3) is 1.68. The minimum absolute atomic E-state index is 0.439. The molecule has 0 spiro atoms. The smallest absolute Gasteiger partial charge is 0.181 e. The largest absolute Gasteiger partial charge is 0.273 e. The molecule has 0 bridgehead atoms. The summed E-state index contributed by atoms with van der Waals surface area (Å²) in [5, 5.41) is 13.8. The average molecular weight is 236 g/mol. The van der Waals surface area contributed by atoms with Crippen LogP contribution in [0, 0.1) is 11.3 Å². The van der Waals surface area contributed by atoms with Crippen LogP contribution in [0.2, 0.25) is 0 Å². The molecule has 3 rings (SSSR count). The highest BCUT2D eigenvalue weighted by Gasteiger charge is 2.05. The Bertz CT molecular complexity index is 750. The van der Waals surface area contributed by atoms with E-state index >= 15 is 0 Å². The first-order valence-electron chi connectivity index (χ1n) is 5.28. The van der Waals surface area contributed by atoms with Gasteiger partial charge >= 0.3 is 0 Å². The number of rotatable bonds is 1.